The molecular formula is C9H22NO4P. The molecule has 0 radical (unpaired) electrons. The molecule has 0 heterocycles. The molecule has 1 N–H and O–H groups in total. The molecule has 92 valence electrons. The quantitative estimate of drug-likeness (QED) is 0.525. The Morgan fingerprint density at radius 2 is 2.00 bits per heavy atom. The van der Waals surface area contributed by atoms with Gasteiger partial charge in [0.1, 0.15) is 12.6 Å². The van der Waals surface area contributed by atoms with E-state index in [1.165, 1.54) is 0 Å². The lowest BCUT2D eigenvalue weighted by molar-refractivity contribution is -0.873. The summed E-state index contributed by atoms with van der Waals surface area (Å²) in [6.45, 7) is 2.59. The van der Waals surface area contributed by atoms with Crippen LogP contribution in [0.15, 0.2) is 0 Å². The van der Waals surface area contributed by atoms with Gasteiger partial charge in [-0.05, 0) is 6.42 Å². The second kappa shape index (κ2) is 5.97. The summed E-state index contributed by atoms with van der Waals surface area (Å²) in [4.78, 5) is 19.3. The van der Waals surface area contributed by atoms with Crippen molar-refractivity contribution in [2.45, 2.75) is 32.3 Å². The molecule has 5 nitrogen and oxygen atoms in total. The second-order valence-electron chi connectivity index (χ2n) is 4.81. The first kappa shape index (κ1) is 15.1. The Kier molecular flexibility index (Phi) is 5.99. The average molecular weight is 239 g/mol. The van der Waals surface area contributed by atoms with Crippen molar-refractivity contribution >= 4 is 7.82 Å². The van der Waals surface area contributed by atoms with Gasteiger partial charge in [-0.2, -0.15) is 0 Å². The molecule has 15 heavy (non-hydrogen) atoms. The molecular weight excluding hydrogens is 217 g/mol. The van der Waals surface area contributed by atoms with Crippen molar-refractivity contribution < 1.29 is 23.4 Å². The molecule has 0 fully saturated rings. The summed E-state index contributed by atoms with van der Waals surface area (Å²) in [5.74, 6) is 0. The number of hydrogen-bond donors (Lipinski definition) is 1. The molecule has 0 saturated carbocycles. The number of phosphoric ester groups is 1. The highest BCUT2D eigenvalue weighted by Gasteiger charge is 2.21. The molecule has 0 aliphatic heterocycles. The monoisotopic (exact) mass is 239 g/mol. The fourth-order valence-electron chi connectivity index (χ4n) is 1.41. The van der Waals surface area contributed by atoms with E-state index in [1.807, 2.05) is 28.1 Å². The number of unbranched alkanes of at least 4 members (excludes halogenated alkanes) is 1. The molecule has 0 saturated heterocycles. The highest BCUT2D eigenvalue weighted by molar-refractivity contribution is 7.44. The molecule has 2 unspecified atom stereocenters. The van der Waals surface area contributed by atoms with Gasteiger partial charge in [-0.3, -0.25) is 4.57 Å². The Balaban J connectivity index is 4.25. The van der Waals surface area contributed by atoms with Crippen LogP contribution in [0, 0.1) is 0 Å². The normalized spacial score (nSPS) is 18.5. The third-order valence-corrected chi connectivity index (χ3v) is 2.48. The number of rotatable bonds is 7. The van der Waals surface area contributed by atoms with E-state index in [0.29, 0.717) is 17.4 Å². The van der Waals surface area contributed by atoms with Crippen LogP contribution in [0.2, 0.25) is 0 Å². The fraction of sp³-hybridized carbons (Fsp3) is 1.00. The van der Waals surface area contributed by atoms with Gasteiger partial charge in [-0.1, -0.05) is 19.8 Å². The third kappa shape index (κ3) is 10.4. The van der Waals surface area contributed by atoms with Gasteiger partial charge in [0, 0.05) is 0 Å². The summed E-state index contributed by atoms with van der Waals surface area (Å²) in [7, 11) is 1.25. The second-order valence-corrected chi connectivity index (χ2v) is 5.96. The van der Waals surface area contributed by atoms with Crippen LogP contribution < -0.4 is 4.89 Å². The van der Waals surface area contributed by atoms with Gasteiger partial charge in [0.05, 0.1) is 21.1 Å². The Labute approximate surface area is 91.9 Å². The highest BCUT2D eigenvalue weighted by Crippen LogP contribution is 2.34. The summed E-state index contributed by atoms with van der Waals surface area (Å²) in [6.07, 6.45) is 2.09. The van der Waals surface area contributed by atoms with E-state index < -0.39 is 13.9 Å². The Morgan fingerprint density at radius 1 is 1.47 bits per heavy atom. The number of hydrogen-bond acceptors (Lipinski definition) is 3. The lowest BCUT2D eigenvalue weighted by Crippen LogP contribution is -2.42. The number of quaternary nitrogens is 1. The maximum absolute atomic E-state index is 10.6. The summed E-state index contributed by atoms with van der Waals surface area (Å²) >= 11 is 0. The number of likely N-dealkylation sites (N-methyl/N-ethyl adjacent to an activating group) is 1. The molecule has 0 aliphatic rings. The summed E-state index contributed by atoms with van der Waals surface area (Å²) in [5.41, 5.74) is 0. The summed E-state index contributed by atoms with van der Waals surface area (Å²) < 4.78 is 15.9. The van der Waals surface area contributed by atoms with E-state index in [0.717, 1.165) is 12.8 Å². The molecule has 2 atom stereocenters. The van der Waals surface area contributed by atoms with Gasteiger partial charge in [0.2, 0.25) is 0 Å². The van der Waals surface area contributed by atoms with Gasteiger partial charge in [0.15, 0.2) is 0 Å². The number of phosphoric acid groups is 1. The predicted molar refractivity (Wildman–Crippen MR) is 57.1 cm³/mol. The van der Waals surface area contributed by atoms with Gasteiger partial charge < -0.3 is 18.8 Å². The molecule has 6 heteroatoms. The topological polar surface area (TPSA) is 69.6 Å². The molecule has 0 bridgehead atoms. The Hall–Kier alpha value is 0.0700. The van der Waals surface area contributed by atoms with Crippen LogP contribution in [0.5, 0.6) is 0 Å². The Morgan fingerprint density at radius 3 is 2.33 bits per heavy atom. The Bertz CT molecular complexity index is 221. The third-order valence-electron chi connectivity index (χ3n) is 1.91. The fourth-order valence-corrected chi connectivity index (χ4v) is 1.96. The molecule has 0 aromatic heterocycles. The molecule has 0 aromatic rings. The highest BCUT2D eigenvalue weighted by atomic mass is 31.2. The zero-order valence-electron chi connectivity index (χ0n) is 9.97. The predicted octanol–water partition coefficient (Wildman–Crippen LogP) is 0.729. The molecule has 0 amide bonds. The minimum absolute atomic E-state index is 0.432. The van der Waals surface area contributed by atoms with Gasteiger partial charge in [0.25, 0.3) is 7.82 Å². The molecule has 0 rings (SSSR count). The van der Waals surface area contributed by atoms with E-state index in [-0.39, 0.29) is 0 Å². The van der Waals surface area contributed by atoms with E-state index in [1.54, 1.807) is 0 Å². The van der Waals surface area contributed by atoms with Crippen molar-refractivity contribution in [2.24, 2.45) is 0 Å². The van der Waals surface area contributed by atoms with Gasteiger partial charge in [-0.15, -0.1) is 0 Å². The first-order valence-electron chi connectivity index (χ1n) is 5.16. The first-order valence-corrected chi connectivity index (χ1v) is 6.66. The van der Waals surface area contributed by atoms with Crippen molar-refractivity contribution in [3.63, 3.8) is 0 Å². The van der Waals surface area contributed by atoms with Gasteiger partial charge >= 0.3 is 0 Å². The van der Waals surface area contributed by atoms with Crippen LogP contribution in [0.25, 0.3) is 0 Å². The van der Waals surface area contributed by atoms with Crippen LogP contribution in [-0.2, 0) is 9.09 Å². The standard InChI is InChI=1S/C9H22NO4P/c1-5-6-7-9(8-10(2,3)4)14-15(11,12)13/h9H,5-8H2,1-4H3,(H-,11,12,13). The van der Waals surface area contributed by atoms with Crippen LogP contribution in [0.1, 0.15) is 26.2 Å². The van der Waals surface area contributed by atoms with E-state index >= 15 is 0 Å². The zero-order chi connectivity index (χ0) is 12.1. The van der Waals surface area contributed by atoms with E-state index in [9.17, 15) is 9.46 Å². The maximum Gasteiger partial charge on any atom is 0.265 e. The smallest absolute Gasteiger partial charge is 0.265 e. The van der Waals surface area contributed by atoms with E-state index in [2.05, 4.69) is 4.52 Å². The van der Waals surface area contributed by atoms with Crippen LogP contribution in [0.3, 0.4) is 0 Å². The van der Waals surface area contributed by atoms with E-state index in [4.69, 9.17) is 4.89 Å². The molecule has 0 spiro atoms. The van der Waals surface area contributed by atoms with Crippen LogP contribution >= 0.6 is 7.82 Å². The molecule has 0 aromatic carbocycles. The minimum Gasteiger partial charge on any atom is -0.756 e. The van der Waals surface area contributed by atoms with Crippen molar-refractivity contribution in [3.8, 4) is 0 Å². The lowest BCUT2D eigenvalue weighted by Gasteiger charge is -2.31. The van der Waals surface area contributed by atoms with Gasteiger partial charge in [-0.25, -0.2) is 0 Å². The lowest BCUT2D eigenvalue weighted by atomic mass is 10.1. The first-order chi connectivity index (χ1) is 6.64. The minimum atomic E-state index is -4.61. The van der Waals surface area contributed by atoms with Crippen molar-refractivity contribution in [2.75, 3.05) is 27.7 Å². The zero-order valence-corrected chi connectivity index (χ0v) is 10.9. The van der Waals surface area contributed by atoms with Crippen molar-refractivity contribution in [3.05, 3.63) is 0 Å². The largest absolute Gasteiger partial charge is 0.756 e. The maximum atomic E-state index is 10.6. The van der Waals surface area contributed by atoms with Crippen LogP contribution in [0.4, 0.5) is 0 Å². The van der Waals surface area contributed by atoms with Crippen molar-refractivity contribution in [1.82, 2.24) is 0 Å². The van der Waals surface area contributed by atoms with Crippen molar-refractivity contribution in [1.29, 1.82) is 0 Å². The molecule has 0 aliphatic carbocycles. The number of nitrogens with zero attached hydrogens (tertiary/aromatic N) is 1. The SMILES string of the molecule is CCCCC(C[N+](C)(C)C)OP(=O)([O-])O. The summed E-state index contributed by atoms with van der Waals surface area (Å²) in [6, 6.07) is 0. The summed E-state index contributed by atoms with van der Waals surface area (Å²) in [5, 5.41) is 0. The average Bonchev–Trinajstić information content (AvgIpc) is 1.94. The van der Waals surface area contributed by atoms with Crippen LogP contribution in [-0.4, -0.2) is 43.2 Å².